The molecule has 2 aromatic rings. The molecule has 0 amide bonds. The highest BCUT2D eigenvalue weighted by atomic mass is 19.4. The number of ether oxygens (including phenoxy) is 1. The van der Waals surface area contributed by atoms with E-state index >= 15 is 0 Å². The molecule has 0 fully saturated rings. The smallest absolute Gasteiger partial charge is 0.416 e. The first-order valence-electron chi connectivity index (χ1n) is 5.80. The zero-order chi connectivity index (χ0) is 16.5. The first kappa shape index (κ1) is 16.1. The fourth-order valence-electron chi connectivity index (χ4n) is 1.83. The summed E-state index contributed by atoms with van der Waals surface area (Å²) in [6.07, 6.45) is -4.79. The van der Waals surface area contributed by atoms with Crippen molar-refractivity contribution < 1.29 is 35.5 Å². The van der Waals surface area contributed by atoms with Gasteiger partial charge in [0.2, 0.25) is 0 Å². The molecule has 0 N–H and O–H groups in total. The van der Waals surface area contributed by atoms with Crippen LogP contribution in [0.4, 0.5) is 30.7 Å². The average Bonchev–Trinajstić information content (AvgIpc) is 2.40. The van der Waals surface area contributed by atoms with Crippen molar-refractivity contribution in [1.29, 1.82) is 0 Å². The van der Waals surface area contributed by atoms with Crippen LogP contribution in [0, 0.1) is 11.6 Å². The van der Waals surface area contributed by atoms with E-state index in [4.69, 9.17) is 0 Å². The van der Waals surface area contributed by atoms with Crippen molar-refractivity contribution in [3.63, 3.8) is 0 Å². The molecule has 0 unspecified atom stereocenters. The third-order valence-electron chi connectivity index (χ3n) is 2.77. The molecule has 0 saturated heterocycles. The number of benzene rings is 2. The average molecular weight is 324 g/mol. The number of hydrogen-bond acceptors (Lipinski definition) is 1. The molecule has 0 aromatic heterocycles. The maximum absolute atomic E-state index is 13.7. The maximum atomic E-state index is 13.7. The first-order valence-corrected chi connectivity index (χ1v) is 5.80. The van der Waals surface area contributed by atoms with E-state index in [9.17, 15) is 30.7 Å². The van der Waals surface area contributed by atoms with Gasteiger partial charge in [0, 0.05) is 11.1 Å². The highest BCUT2D eigenvalue weighted by molar-refractivity contribution is 5.71. The van der Waals surface area contributed by atoms with Crippen molar-refractivity contribution in [1.82, 2.24) is 0 Å². The van der Waals surface area contributed by atoms with Crippen LogP contribution in [-0.4, -0.2) is 6.61 Å². The standard InChI is InChI=1S/C14H7F7O/c15-10-3-1-2-9(12(10)16)8-5-4-7(14(19,20)21)6-11(8)22-13(17)18/h1-6,13H. The fourth-order valence-corrected chi connectivity index (χ4v) is 1.83. The Hall–Kier alpha value is -2.25. The summed E-state index contributed by atoms with van der Waals surface area (Å²) in [5.74, 6) is -3.53. The van der Waals surface area contributed by atoms with E-state index in [0.29, 0.717) is 12.1 Å². The Morgan fingerprint density at radius 3 is 2.18 bits per heavy atom. The van der Waals surface area contributed by atoms with Gasteiger partial charge in [-0.25, -0.2) is 8.78 Å². The number of halogens is 7. The topological polar surface area (TPSA) is 9.23 Å². The van der Waals surface area contributed by atoms with Crippen molar-refractivity contribution in [2.75, 3.05) is 0 Å². The van der Waals surface area contributed by atoms with Gasteiger partial charge in [0.1, 0.15) is 5.75 Å². The SMILES string of the molecule is Fc1cccc(-c2ccc(C(F)(F)F)cc2OC(F)F)c1F. The normalized spacial score (nSPS) is 11.8. The molecular weight excluding hydrogens is 317 g/mol. The van der Waals surface area contributed by atoms with Gasteiger partial charge in [-0.05, 0) is 24.3 Å². The Morgan fingerprint density at radius 1 is 0.909 bits per heavy atom. The minimum absolute atomic E-state index is 0.311. The van der Waals surface area contributed by atoms with Crippen molar-refractivity contribution >= 4 is 0 Å². The fraction of sp³-hybridized carbons (Fsp3) is 0.143. The van der Waals surface area contributed by atoms with E-state index in [1.807, 2.05) is 0 Å². The quantitative estimate of drug-likeness (QED) is 0.701. The summed E-state index contributed by atoms with van der Waals surface area (Å²) in [5.41, 5.74) is -2.14. The van der Waals surface area contributed by atoms with E-state index in [1.54, 1.807) is 0 Å². The Bertz CT molecular complexity index is 679. The molecule has 22 heavy (non-hydrogen) atoms. The minimum Gasteiger partial charge on any atom is -0.434 e. The van der Waals surface area contributed by atoms with Crippen molar-refractivity contribution in [2.24, 2.45) is 0 Å². The highest BCUT2D eigenvalue weighted by Gasteiger charge is 2.32. The van der Waals surface area contributed by atoms with Gasteiger partial charge in [0.25, 0.3) is 0 Å². The predicted octanol–water partition coefficient (Wildman–Crippen LogP) is 5.25. The van der Waals surface area contributed by atoms with Crippen molar-refractivity contribution in [3.8, 4) is 16.9 Å². The molecule has 0 radical (unpaired) electrons. The van der Waals surface area contributed by atoms with Gasteiger partial charge in [-0.1, -0.05) is 12.1 Å². The molecule has 2 aromatic carbocycles. The van der Waals surface area contributed by atoms with Crippen LogP contribution in [0.15, 0.2) is 36.4 Å². The summed E-state index contributed by atoms with van der Waals surface area (Å²) in [6, 6.07) is 4.55. The highest BCUT2D eigenvalue weighted by Crippen LogP contribution is 2.38. The van der Waals surface area contributed by atoms with Crippen molar-refractivity contribution in [3.05, 3.63) is 53.6 Å². The Balaban J connectivity index is 2.62. The lowest BCUT2D eigenvalue weighted by Crippen LogP contribution is -2.08. The molecular formula is C14H7F7O. The Morgan fingerprint density at radius 2 is 1.59 bits per heavy atom. The van der Waals surface area contributed by atoms with Crippen LogP contribution in [-0.2, 0) is 6.18 Å². The first-order chi connectivity index (χ1) is 10.2. The molecule has 118 valence electrons. The molecule has 0 bridgehead atoms. The van der Waals surface area contributed by atoms with E-state index in [1.165, 1.54) is 0 Å². The monoisotopic (exact) mass is 324 g/mol. The Kier molecular flexibility index (Phi) is 4.30. The minimum atomic E-state index is -4.79. The summed E-state index contributed by atoms with van der Waals surface area (Å²) in [7, 11) is 0. The Labute approximate surface area is 119 Å². The third-order valence-corrected chi connectivity index (χ3v) is 2.77. The van der Waals surface area contributed by atoms with Gasteiger partial charge in [0.15, 0.2) is 11.6 Å². The maximum Gasteiger partial charge on any atom is 0.416 e. The molecule has 8 heteroatoms. The summed E-state index contributed by atoms with van der Waals surface area (Å²) < 4.78 is 93.4. The molecule has 2 rings (SSSR count). The summed E-state index contributed by atoms with van der Waals surface area (Å²) >= 11 is 0. The molecule has 0 heterocycles. The van der Waals surface area contributed by atoms with Gasteiger partial charge >= 0.3 is 12.8 Å². The van der Waals surface area contributed by atoms with Gasteiger partial charge in [0.05, 0.1) is 5.56 Å². The van der Waals surface area contributed by atoms with Gasteiger partial charge in [-0.15, -0.1) is 0 Å². The van der Waals surface area contributed by atoms with Crippen LogP contribution in [0.1, 0.15) is 5.56 Å². The molecule has 0 aliphatic carbocycles. The lowest BCUT2D eigenvalue weighted by Gasteiger charge is -2.15. The van der Waals surface area contributed by atoms with Crippen LogP contribution in [0.3, 0.4) is 0 Å². The molecule has 0 aliphatic heterocycles. The molecule has 0 aliphatic rings. The van der Waals surface area contributed by atoms with Crippen LogP contribution >= 0.6 is 0 Å². The third kappa shape index (κ3) is 3.32. The van der Waals surface area contributed by atoms with E-state index in [-0.39, 0.29) is 0 Å². The molecule has 1 nitrogen and oxygen atoms in total. The molecule has 0 atom stereocenters. The van der Waals surface area contributed by atoms with Crippen LogP contribution in [0.2, 0.25) is 0 Å². The van der Waals surface area contributed by atoms with Gasteiger partial charge in [-0.3, -0.25) is 0 Å². The second-order valence-electron chi connectivity index (χ2n) is 4.19. The van der Waals surface area contributed by atoms with Gasteiger partial charge < -0.3 is 4.74 Å². The van der Waals surface area contributed by atoms with Crippen molar-refractivity contribution in [2.45, 2.75) is 12.8 Å². The largest absolute Gasteiger partial charge is 0.434 e. The van der Waals surface area contributed by atoms with Crippen LogP contribution in [0.25, 0.3) is 11.1 Å². The summed E-state index contributed by atoms with van der Waals surface area (Å²) in [5, 5.41) is 0. The lowest BCUT2D eigenvalue weighted by molar-refractivity contribution is -0.138. The van der Waals surface area contributed by atoms with Crippen LogP contribution < -0.4 is 4.74 Å². The second-order valence-corrected chi connectivity index (χ2v) is 4.19. The number of hydrogen-bond donors (Lipinski definition) is 0. The summed E-state index contributed by atoms with van der Waals surface area (Å²) in [6.45, 7) is -3.42. The van der Waals surface area contributed by atoms with Crippen LogP contribution in [0.5, 0.6) is 5.75 Å². The lowest BCUT2D eigenvalue weighted by atomic mass is 10.0. The summed E-state index contributed by atoms with van der Waals surface area (Å²) in [4.78, 5) is 0. The predicted molar refractivity (Wildman–Crippen MR) is 63.4 cm³/mol. The zero-order valence-corrected chi connectivity index (χ0v) is 10.6. The zero-order valence-electron chi connectivity index (χ0n) is 10.6. The molecule has 0 spiro atoms. The number of rotatable bonds is 3. The van der Waals surface area contributed by atoms with E-state index in [2.05, 4.69) is 4.74 Å². The second kappa shape index (κ2) is 5.86. The molecule has 0 saturated carbocycles. The van der Waals surface area contributed by atoms with E-state index in [0.717, 1.165) is 24.3 Å². The van der Waals surface area contributed by atoms with E-state index < -0.39 is 46.9 Å². The number of alkyl halides is 5. The van der Waals surface area contributed by atoms with Gasteiger partial charge in [-0.2, -0.15) is 22.0 Å².